The number of nitrogens with zero attached hydrogens (tertiary/aromatic N) is 3. The Morgan fingerprint density at radius 2 is 1.67 bits per heavy atom. The quantitative estimate of drug-likeness (QED) is 0.605. The van der Waals surface area contributed by atoms with Crippen molar-refractivity contribution in [1.29, 1.82) is 0 Å². The molecule has 33 heavy (non-hydrogen) atoms. The molecule has 180 valence electrons. The average molecular weight is 462 g/mol. The van der Waals surface area contributed by atoms with Crippen molar-refractivity contribution >= 4 is 23.7 Å². The predicted molar refractivity (Wildman–Crippen MR) is 119 cm³/mol. The maximum absolute atomic E-state index is 13.1. The molecule has 0 N–H and O–H groups in total. The minimum atomic E-state index is -0.394. The van der Waals surface area contributed by atoms with E-state index in [0.29, 0.717) is 57.6 Å². The highest BCUT2D eigenvalue weighted by atomic mass is 19.1. The van der Waals surface area contributed by atoms with Gasteiger partial charge in [0.05, 0.1) is 19.1 Å². The lowest BCUT2D eigenvalue weighted by molar-refractivity contribution is -0.152. The van der Waals surface area contributed by atoms with Crippen LogP contribution in [0.25, 0.3) is 0 Å². The fourth-order valence-corrected chi connectivity index (χ4v) is 4.45. The normalized spacial score (nSPS) is 19.2. The second-order valence-corrected chi connectivity index (χ2v) is 8.70. The fraction of sp³-hybridized carbons (Fsp3) is 0.583. The van der Waals surface area contributed by atoms with Gasteiger partial charge in [0.2, 0.25) is 11.8 Å². The Bertz CT molecular complexity index is 867. The van der Waals surface area contributed by atoms with E-state index in [-0.39, 0.29) is 42.1 Å². The SMILES string of the molecule is CCOC(=O)C1CCCN(C(=O)CN(C)C(=O)C2CCN(C(=O)c3ccc(F)cc3)CC2)C1. The van der Waals surface area contributed by atoms with Gasteiger partial charge in [-0.1, -0.05) is 0 Å². The summed E-state index contributed by atoms with van der Waals surface area (Å²) >= 11 is 0. The van der Waals surface area contributed by atoms with Crippen molar-refractivity contribution in [3.63, 3.8) is 0 Å². The number of esters is 1. The Morgan fingerprint density at radius 1 is 1.00 bits per heavy atom. The number of halogens is 1. The number of carbonyl (C=O) groups excluding carboxylic acids is 4. The second kappa shape index (κ2) is 11.2. The van der Waals surface area contributed by atoms with Gasteiger partial charge in [0.15, 0.2) is 0 Å². The zero-order valence-corrected chi connectivity index (χ0v) is 19.3. The number of likely N-dealkylation sites (tertiary alicyclic amines) is 2. The molecule has 3 amide bonds. The van der Waals surface area contributed by atoms with E-state index in [9.17, 15) is 23.6 Å². The number of likely N-dealkylation sites (N-methyl/N-ethyl adjacent to an activating group) is 1. The lowest BCUT2D eigenvalue weighted by Gasteiger charge is -2.35. The molecule has 1 aromatic carbocycles. The summed E-state index contributed by atoms with van der Waals surface area (Å²) in [6.07, 6.45) is 2.46. The lowest BCUT2D eigenvalue weighted by Crippen LogP contribution is -2.49. The van der Waals surface area contributed by atoms with Crippen LogP contribution in [-0.4, -0.2) is 84.8 Å². The number of benzene rings is 1. The largest absolute Gasteiger partial charge is 0.466 e. The van der Waals surface area contributed by atoms with Gasteiger partial charge in [-0.05, 0) is 56.9 Å². The third-order valence-corrected chi connectivity index (χ3v) is 6.37. The molecule has 1 unspecified atom stereocenters. The Kier molecular flexibility index (Phi) is 8.41. The van der Waals surface area contributed by atoms with Crippen LogP contribution in [0.3, 0.4) is 0 Å². The van der Waals surface area contributed by atoms with Gasteiger partial charge in [-0.3, -0.25) is 19.2 Å². The van der Waals surface area contributed by atoms with Gasteiger partial charge < -0.3 is 19.4 Å². The first-order valence-corrected chi connectivity index (χ1v) is 11.5. The molecule has 0 spiro atoms. The van der Waals surface area contributed by atoms with Gasteiger partial charge >= 0.3 is 5.97 Å². The van der Waals surface area contributed by atoms with E-state index in [1.165, 1.54) is 29.2 Å². The molecule has 1 aromatic rings. The number of hydrogen-bond acceptors (Lipinski definition) is 5. The van der Waals surface area contributed by atoms with E-state index in [1.807, 2.05) is 0 Å². The first kappa shape index (κ1) is 24.7. The summed E-state index contributed by atoms with van der Waals surface area (Å²) in [6.45, 7) is 3.79. The molecule has 0 saturated carbocycles. The standard InChI is InChI=1S/C24H32FN3O5/c1-3-33-24(32)19-5-4-12-28(15-19)21(29)16-26(2)22(30)18-10-13-27(14-11-18)23(31)17-6-8-20(25)9-7-17/h6-9,18-19H,3-5,10-16H2,1-2H3. The molecule has 2 heterocycles. The van der Waals surface area contributed by atoms with E-state index in [1.54, 1.807) is 23.8 Å². The molecule has 0 aromatic heterocycles. The maximum atomic E-state index is 13.1. The monoisotopic (exact) mass is 461 g/mol. The molecule has 0 aliphatic carbocycles. The molecule has 0 radical (unpaired) electrons. The number of hydrogen-bond donors (Lipinski definition) is 0. The van der Waals surface area contributed by atoms with Crippen molar-refractivity contribution in [3.05, 3.63) is 35.6 Å². The molecule has 2 aliphatic heterocycles. The smallest absolute Gasteiger partial charge is 0.310 e. The molecule has 1 atom stereocenters. The van der Waals surface area contributed by atoms with Gasteiger partial charge in [-0.2, -0.15) is 0 Å². The van der Waals surface area contributed by atoms with Gasteiger partial charge in [-0.15, -0.1) is 0 Å². The molecule has 9 heteroatoms. The van der Waals surface area contributed by atoms with Crippen LogP contribution in [-0.2, 0) is 19.1 Å². The summed E-state index contributed by atoms with van der Waals surface area (Å²) in [6, 6.07) is 5.43. The topological polar surface area (TPSA) is 87.2 Å². The summed E-state index contributed by atoms with van der Waals surface area (Å²) in [5.41, 5.74) is 0.423. The van der Waals surface area contributed by atoms with Crippen molar-refractivity contribution in [2.75, 3.05) is 46.4 Å². The van der Waals surface area contributed by atoms with Gasteiger partial charge in [0, 0.05) is 44.7 Å². The third kappa shape index (κ3) is 6.30. The lowest BCUT2D eigenvalue weighted by atomic mass is 9.94. The maximum Gasteiger partial charge on any atom is 0.310 e. The van der Waals surface area contributed by atoms with Gasteiger partial charge in [0.25, 0.3) is 5.91 Å². The number of carbonyl (C=O) groups is 4. The highest BCUT2D eigenvalue weighted by Gasteiger charge is 2.33. The average Bonchev–Trinajstić information content (AvgIpc) is 2.84. The van der Waals surface area contributed by atoms with Crippen LogP contribution in [0.4, 0.5) is 4.39 Å². The zero-order valence-electron chi connectivity index (χ0n) is 19.3. The molecule has 2 aliphatic rings. The van der Waals surface area contributed by atoms with E-state index < -0.39 is 5.82 Å². The number of amides is 3. The Balaban J connectivity index is 1.47. The van der Waals surface area contributed by atoms with E-state index in [0.717, 1.165) is 6.42 Å². The van der Waals surface area contributed by atoms with Gasteiger partial charge in [-0.25, -0.2) is 4.39 Å². The molecule has 0 bridgehead atoms. The first-order valence-electron chi connectivity index (χ1n) is 11.5. The fourth-order valence-electron chi connectivity index (χ4n) is 4.45. The summed E-state index contributed by atoms with van der Waals surface area (Å²) in [4.78, 5) is 55.0. The predicted octanol–water partition coefficient (Wildman–Crippen LogP) is 1.94. The van der Waals surface area contributed by atoms with Crippen molar-refractivity contribution in [2.45, 2.75) is 32.6 Å². The molecule has 2 saturated heterocycles. The van der Waals surface area contributed by atoms with E-state index in [2.05, 4.69) is 0 Å². The first-order chi connectivity index (χ1) is 15.8. The van der Waals surface area contributed by atoms with Crippen molar-refractivity contribution < 1.29 is 28.3 Å². The van der Waals surface area contributed by atoms with Crippen LogP contribution in [0.15, 0.2) is 24.3 Å². The zero-order chi connectivity index (χ0) is 24.0. The number of rotatable bonds is 6. The van der Waals surface area contributed by atoms with Crippen LogP contribution in [0.5, 0.6) is 0 Å². The summed E-state index contributed by atoms with van der Waals surface area (Å²) in [7, 11) is 1.61. The summed E-state index contributed by atoms with van der Waals surface area (Å²) in [5.74, 6) is -1.71. The van der Waals surface area contributed by atoms with Crippen LogP contribution in [0.1, 0.15) is 43.0 Å². The highest BCUT2D eigenvalue weighted by molar-refractivity contribution is 5.94. The highest BCUT2D eigenvalue weighted by Crippen LogP contribution is 2.22. The summed E-state index contributed by atoms with van der Waals surface area (Å²) < 4.78 is 18.2. The Morgan fingerprint density at radius 3 is 2.30 bits per heavy atom. The number of ether oxygens (including phenoxy) is 1. The van der Waals surface area contributed by atoms with E-state index in [4.69, 9.17) is 4.74 Å². The minimum absolute atomic E-state index is 0.0386. The van der Waals surface area contributed by atoms with Crippen LogP contribution in [0.2, 0.25) is 0 Å². The molecular formula is C24H32FN3O5. The second-order valence-electron chi connectivity index (χ2n) is 8.70. The molecule has 3 rings (SSSR count). The third-order valence-electron chi connectivity index (χ3n) is 6.37. The molecule has 2 fully saturated rings. The van der Waals surface area contributed by atoms with Crippen molar-refractivity contribution in [3.8, 4) is 0 Å². The van der Waals surface area contributed by atoms with Gasteiger partial charge in [0.1, 0.15) is 5.82 Å². The number of piperidine rings is 2. The van der Waals surface area contributed by atoms with E-state index >= 15 is 0 Å². The van der Waals surface area contributed by atoms with Crippen molar-refractivity contribution in [1.82, 2.24) is 14.7 Å². The Hall–Kier alpha value is -2.97. The van der Waals surface area contributed by atoms with Crippen LogP contribution in [0, 0.1) is 17.7 Å². The minimum Gasteiger partial charge on any atom is -0.466 e. The van der Waals surface area contributed by atoms with Crippen LogP contribution < -0.4 is 0 Å². The summed E-state index contributed by atoms with van der Waals surface area (Å²) in [5, 5.41) is 0. The molecule has 8 nitrogen and oxygen atoms in total. The van der Waals surface area contributed by atoms with Crippen molar-refractivity contribution in [2.24, 2.45) is 11.8 Å². The van der Waals surface area contributed by atoms with Crippen LogP contribution >= 0.6 is 0 Å². The molecular weight excluding hydrogens is 429 g/mol. The Labute approximate surface area is 193 Å².